The molecule has 0 aromatic heterocycles. The molecule has 17 heavy (non-hydrogen) atoms. The molecule has 0 aromatic rings. The van der Waals surface area contributed by atoms with Crippen LogP contribution >= 0.6 is 0 Å². The van der Waals surface area contributed by atoms with Crippen LogP contribution in [0.15, 0.2) is 0 Å². The minimum absolute atomic E-state index is 0.0258. The molecule has 4 nitrogen and oxygen atoms in total. The van der Waals surface area contributed by atoms with E-state index < -0.39 is 5.60 Å². The van der Waals surface area contributed by atoms with Gasteiger partial charge in [0.2, 0.25) is 5.91 Å². The first kappa shape index (κ1) is 14.5. The molecule has 0 atom stereocenters. The van der Waals surface area contributed by atoms with Gasteiger partial charge in [0.25, 0.3) is 0 Å². The molecule has 0 heterocycles. The first-order valence-electron chi connectivity index (χ1n) is 6.86. The van der Waals surface area contributed by atoms with E-state index in [9.17, 15) is 9.90 Å². The Labute approximate surface area is 104 Å². The van der Waals surface area contributed by atoms with E-state index in [1.54, 1.807) is 0 Å². The normalized spacial score (nSPS) is 18.9. The zero-order valence-corrected chi connectivity index (χ0v) is 10.9. The molecule has 0 bridgehead atoms. The number of aliphatic hydroxyl groups is 1. The van der Waals surface area contributed by atoms with Crippen molar-refractivity contribution in [3.8, 4) is 0 Å². The van der Waals surface area contributed by atoms with E-state index in [2.05, 4.69) is 17.6 Å². The number of amides is 1. The van der Waals surface area contributed by atoms with Crippen molar-refractivity contribution in [2.75, 3.05) is 19.6 Å². The zero-order chi connectivity index (χ0) is 12.6. The molecular weight excluding hydrogens is 216 g/mol. The second-order valence-corrected chi connectivity index (χ2v) is 5.09. The lowest BCUT2D eigenvalue weighted by Crippen LogP contribution is -2.45. The Bertz CT molecular complexity index is 225. The van der Waals surface area contributed by atoms with Crippen LogP contribution in [0.4, 0.5) is 0 Å². The van der Waals surface area contributed by atoms with Crippen LogP contribution in [0, 0.1) is 0 Å². The van der Waals surface area contributed by atoms with Crippen LogP contribution in [0.25, 0.3) is 0 Å². The summed E-state index contributed by atoms with van der Waals surface area (Å²) >= 11 is 0. The molecule has 0 aliphatic heterocycles. The van der Waals surface area contributed by atoms with Gasteiger partial charge in [0.1, 0.15) is 0 Å². The third-order valence-electron chi connectivity index (χ3n) is 3.38. The van der Waals surface area contributed by atoms with E-state index in [-0.39, 0.29) is 5.91 Å². The standard InChI is InChI=1S/C13H26N2O2/c1-2-3-9-15-12(16)10-14-11-13(17)7-5-4-6-8-13/h14,17H,2-11H2,1H3,(H,15,16). The van der Waals surface area contributed by atoms with E-state index in [0.717, 1.165) is 45.1 Å². The number of hydrogen-bond acceptors (Lipinski definition) is 3. The average molecular weight is 242 g/mol. The Hall–Kier alpha value is -0.610. The van der Waals surface area contributed by atoms with Crippen LogP contribution in [0.2, 0.25) is 0 Å². The molecular formula is C13H26N2O2. The van der Waals surface area contributed by atoms with E-state index in [1.165, 1.54) is 6.42 Å². The molecule has 1 fully saturated rings. The number of hydrogen-bond donors (Lipinski definition) is 3. The maximum atomic E-state index is 11.4. The third kappa shape index (κ3) is 6.03. The van der Waals surface area contributed by atoms with Gasteiger partial charge >= 0.3 is 0 Å². The summed E-state index contributed by atoms with van der Waals surface area (Å²) in [5.41, 5.74) is -0.581. The number of unbranched alkanes of at least 4 members (excludes halogenated alkanes) is 1. The van der Waals surface area contributed by atoms with E-state index in [4.69, 9.17) is 0 Å². The Kier molecular flexibility index (Phi) is 6.52. The van der Waals surface area contributed by atoms with Crippen LogP contribution in [0.5, 0.6) is 0 Å². The second kappa shape index (κ2) is 7.67. The number of carbonyl (C=O) groups is 1. The van der Waals surface area contributed by atoms with Crippen molar-refractivity contribution in [3.05, 3.63) is 0 Å². The number of rotatable bonds is 7. The fourth-order valence-corrected chi connectivity index (χ4v) is 2.26. The largest absolute Gasteiger partial charge is 0.389 e. The van der Waals surface area contributed by atoms with Crippen molar-refractivity contribution in [2.24, 2.45) is 0 Å². The van der Waals surface area contributed by atoms with Crippen molar-refractivity contribution < 1.29 is 9.90 Å². The molecule has 1 aliphatic rings. The molecule has 0 radical (unpaired) electrons. The molecule has 0 aromatic carbocycles. The van der Waals surface area contributed by atoms with E-state index in [1.807, 2.05) is 0 Å². The van der Waals surface area contributed by atoms with Gasteiger partial charge < -0.3 is 15.7 Å². The summed E-state index contributed by atoms with van der Waals surface area (Å²) < 4.78 is 0. The summed E-state index contributed by atoms with van der Waals surface area (Å²) in [6.07, 6.45) is 7.25. The van der Waals surface area contributed by atoms with Crippen LogP contribution in [-0.2, 0) is 4.79 Å². The van der Waals surface area contributed by atoms with E-state index in [0.29, 0.717) is 13.1 Å². The fraction of sp³-hybridized carbons (Fsp3) is 0.923. The molecule has 0 saturated heterocycles. The van der Waals surface area contributed by atoms with Gasteiger partial charge in [-0.1, -0.05) is 32.6 Å². The molecule has 0 spiro atoms. The third-order valence-corrected chi connectivity index (χ3v) is 3.38. The maximum Gasteiger partial charge on any atom is 0.233 e. The molecule has 3 N–H and O–H groups in total. The summed E-state index contributed by atoms with van der Waals surface area (Å²) in [4.78, 5) is 11.4. The first-order valence-corrected chi connectivity index (χ1v) is 6.86. The lowest BCUT2D eigenvalue weighted by Gasteiger charge is -2.32. The summed E-state index contributed by atoms with van der Waals surface area (Å²) in [6.45, 7) is 3.70. The van der Waals surface area contributed by atoms with Crippen LogP contribution in [0.1, 0.15) is 51.9 Å². The van der Waals surface area contributed by atoms with Crippen LogP contribution in [-0.4, -0.2) is 36.2 Å². The smallest absolute Gasteiger partial charge is 0.233 e. The molecule has 1 amide bonds. The second-order valence-electron chi connectivity index (χ2n) is 5.09. The van der Waals surface area contributed by atoms with Gasteiger partial charge in [0.15, 0.2) is 0 Å². The van der Waals surface area contributed by atoms with Crippen LogP contribution in [0.3, 0.4) is 0 Å². The monoisotopic (exact) mass is 242 g/mol. The lowest BCUT2D eigenvalue weighted by molar-refractivity contribution is -0.120. The molecule has 0 unspecified atom stereocenters. The van der Waals surface area contributed by atoms with Crippen molar-refractivity contribution >= 4 is 5.91 Å². The highest BCUT2D eigenvalue weighted by molar-refractivity contribution is 5.77. The van der Waals surface area contributed by atoms with Gasteiger partial charge in [0, 0.05) is 13.1 Å². The lowest BCUT2D eigenvalue weighted by atomic mass is 9.85. The maximum absolute atomic E-state index is 11.4. The predicted octanol–water partition coefficient (Wildman–Crippen LogP) is 1.19. The first-order chi connectivity index (χ1) is 8.16. The van der Waals surface area contributed by atoms with Crippen molar-refractivity contribution in [3.63, 3.8) is 0 Å². The minimum Gasteiger partial charge on any atom is -0.389 e. The van der Waals surface area contributed by atoms with E-state index >= 15 is 0 Å². The van der Waals surface area contributed by atoms with Crippen molar-refractivity contribution in [2.45, 2.75) is 57.5 Å². The Morgan fingerprint density at radius 1 is 1.29 bits per heavy atom. The van der Waals surface area contributed by atoms with Crippen molar-refractivity contribution in [1.29, 1.82) is 0 Å². The Morgan fingerprint density at radius 2 is 2.00 bits per heavy atom. The zero-order valence-electron chi connectivity index (χ0n) is 10.9. The molecule has 1 rings (SSSR count). The average Bonchev–Trinajstić information content (AvgIpc) is 2.30. The molecule has 4 heteroatoms. The SMILES string of the molecule is CCCCNC(=O)CNCC1(O)CCCCC1. The molecule has 1 aliphatic carbocycles. The van der Waals surface area contributed by atoms with Crippen molar-refractivity contribution in [1.82, 2.24) is 10.6 Å². The summed E-state index contributed by atoms with van der Waals surface area (Å²) in [5, 5.41) is 16.1. The van der Waals surface area contributed by atoms with Gasteiger partial charge in [-0.05, 0) is 19.3 Å². The Balaban J connectivity index is 2.07. The molecule has 1 saturated carbocycles. The van der Waals surface area contributed by atoms with Gasteiger partial charge in [-0.15, -0.1) is 0 Å². The summed E-state index contributed by atoms with van der Waals surface area (Å²) in [7, 11) is 0. The van der Waals surface area contributed by atoms with Gasteiger partial charge in [-0.2, -0.15) is 0 Å². The molecule has 100 valence electrons. The van der Waals surface area contributed by atoms with Gasteiger partial charge in [0.05, 0.1) is 12.1 Å². The minimum atomic E-state index is -0.581. The number of nitrogens with one attached hydrogen (secondary N) is 2. The summed E-state index contributed by atoms with van der Waals surface area (Å²) in [6, 6.07) is 0. The summed E-state index contributed by atoms with van der Waals surface area (Å²) in [5.74, 6) is 0.0258. The fourth-order valence-electron chi connectivity index (χ4n) is 2.26. The highest BCUT2D eigenvalue weighted by Crippen LogP contribution is 2.27. The Morgan fingerprint density at radius 3 is 2.65 bits per heavy atom. The van der Waals surface area contributed by atoms with Gasteiger partial charge in [-0.25, -0.2) is 0 Å². The quantitative estimate of drug-likeness (QED) is 0.588. The topological polar surface area (TPSA) is 61.4 Å². The predicted molar refractivity (Wildman–Crippen MR) is 68.8 cm³/mol. The van der Waals surface area contributed by atoms with Gasteiger partial charge in [-0.3, -0.25) is 4.79 Å². The van der Waals surface area contributed by atoms with Crippen LogP contribution < -0.4 is 10.6 Å². The highest BCUT2D eigenvalue weighted by atomic mass is 16.3. The number of carbonyl (C=O) groups excluding carboxylic acids is 1. The highest BCUT2D eigenvalue weighted by Gasteiger charge is 2.28.